The lowest BCUT2D eigenvalue weighted by molar-refractivity contribution is 0.0484. The third-order valence-corrected chi connectivity index (χ3v) is 2.61. The second-order valence-corrected chi connectivity index (χ2v) is 3.84. The molecule has 1 heterocycles. The molecule has 1 rings (SSSR count). The number of nitrogens with zero attached hydrogens (tertiary/aromatic N) is 1. The number of rotatable bonds is 5. The van der Waals surface area contributed by atoms with Crippen LogP contribution in [0, 0.1) is 5.92 Å². The van der Waals surface area contributed by atoms with Gasteiger partial charge in [0, 0.05) is 26.9 Å². The van der Waals surface area contributed by atoms with Crippen LogP contribution in [0.3, 0.4) is 0 Å². The molecular weight excluding hydrogens is 166 g/mol. The van der Waals surface area contributed by atoms with Gasteiger partial charge in [-0.3, -0.25) is 4.90 Å². The molecule has 1 fully saturated rings. The van der Waals surface area contributed by atoms with Crippen molar-refractivity contribution in [2.45, 2.75) is 19.3 Å². The molecule has 0 N–H and O–H groups in total. The van der Waals surface area contributed by atoms with E-state index < -0.39 is 0 Å². The fourth-order valence-electron chi connectivity index (χ4n) is 1.72. The summed E-state index contributed by atoms with van der Waals surface area (Å²) < 4.78 is 10.4. The monoisotopic (exact) mass is 187 g/mol. The summed E-state index contributed by atoms with van der Waals surface area (Å²) in [5.74, 6) is 0.869. The van der Waals surface area contributed by atoms with Crippen LogP contribution in [0.4, 0.5) is 0 Å². The normalized spacial score (nSPS) is 19.6. The highest BCUT2D eigenvalue weighted by atomic mass is 16.5. The van der Waals surface area contributed by atoms with Crippen LogP contribution >= 0.6 is 0 Å². The quantitative estimate of drug-likeness (QED) is 0.606. The molecular formula is C10H21NO2. The minimum Gasteiger partial charge on any atom is -0.381 e. The summed E-state index contributed by atoms with van der Waals surface area (Å²) in [7, 11) is 3.84. The Hall–Kier alpha value is -0.120. The van der Waals surface area contributed by atoms with E-state index in [4.69, 9.17) is 9.47 Å². The van der Waals surface area contributed by atoms with Gasteiger partial charge in [-0.25, -0.2) is 0 Å². The number of hydrogen-bond donors (Lipinski definition) is 0. The van der Waals surface area contributed by atoms with Gasteiger partial charge >= 0.3 is 0 Å². The average Bonchev–Trinajstić information content (AvgIpc) is 2.17. The highest BCUT2D eigenvalue weighted by molar-refractivity contribution is 4.64. The predicted molar refractivity (Wildman–Crippen MR) is 52.7 cm³/mol. The summed E-state index contributed by atoms with van der Waals surface area (Å²) in [6.07, 6.45) is 3.75. The van der Waals surface area contributed by atoms with Gasteiger partial charge in [0.05, 0.1) is 6.73 Å². The summed E-state index contributed by atoms with van der Waals surface area (Å²) in [6.45, 7) is 3.79. The van der Waals surface area contributed by atoms with Crippen molar-refractivity contribution in [3.63, 3.8) is 0 Å². The smallest absolute Gasteiger partial charge is 0.0983 e. The molecule has 3 nitrogen and oxygen atoms in total. The molecule has 1 saturated heterocycles. The van der Waals surface area contributed by atoms with Crippen LogP contribution in [-0.2, 0) is 9.47 Å². The van der Waals surface area contributed by atoms with Crippen molar-refractivity contribution in [2.24, 2.45) is 5.92 Å². The van der Waals surface area contributed by atoms with Crippen molar-refractivity contribution in [3.8, 4) is 0 Å². The van der Waals surface area contributed by atoms with E-state index in [2.05, 4.69) is 11.9 Å². The molecule has 0 aromatic heterocycles. The van der Waals surface area contributed by atoms with E-state index in [1.165, 1.54) is 19.3 Å². The van der Waals surface area contributed by atoms with E-state index in [0.717, 1.165) is 32.4 Å². The molecule has 0 aromatic carbocycles. The van der Waals surface area contributed by atoms with Gasteiger partial charge in [-0.2, -0.15) is 0 Å². The van der Waals surface area contributed by atoms with Gasteiger partial charge in [0.2, 0.25) is 0 Å². The molecule has 1 aliphatic heterocycles. The first-order valence-electron chi connectivity index (χ1n) is 5.08. The minimum atomic E-state index is 0.739. The van der Waals surface area contributed by atoms with Crippen LogP contribution in [0.15, 0.2) is 0 Å². The minimum absolute atomic E-state index is 0.739. The van der Waals surface area contributed by atoms with Gasteiger partial charge in [0.25, 0.3) is 0 Å². The van der Waals surface area contributed by atoms with Gasteiger partial charge in [-0.15, -0.1) is 0 Å². The average molecular weight is 187 g/mol. The van der Waals surface area contributed by atoms with Crippen LogP contribution in [-0.4, -0.2) is 45.5 Å². The second-order valence-electron chi connectivity index (χ2n) is 3.84. The highest BCUT2D eigenvalue weighted by Crippen LogP contribution is 2.18. The van der Waals surface area contributed by atoms with Crippen LogP contribution in [0.1, 0.15) is 19.3 Å². The first-order chi connectivity index (χ1) is 6.33. The molecule has 0 atom stereocenters. The molecule has 1 aliphatic rings. The summed E-state index contributed by atoms with van der Waals surface area (Å²) >= 11 is 0. The summed E-state index contributed by atoms with van der Waals surface area (Å²) in [6, 6.07) is 0. The lowest BCUT2D eigenvalue weighted by Crippen LogP contribution is -2.25. The SMILES string of the molecule is COCN(C)CCC1CCOCC1. The third-order valence-electron chi connectivity index (χ3n) is 2.61. The second kappa shape index (κ2) is 6.35. The maximum atomic E-state index is 5.32. The summed E-state index contributed by atoms with van der Waals surface area (Å²) in [4.78, 5) is 2.22. The molecule has 0 bridgehead atoms. The Balaban J connectivity index is 2.03. The summed E-state index contributed by atoms with van der Waals surface area (Å²) in [5.41, 5.74) is 0. The topological polar surface area (TPSA) is 21.7 Å². The molecule has 0 unspecified atom stereocenters. The molecule has 0 aliphatic carbocycles. The van der Waals surface area contributed by atoms with Crippen molar-refractivity contribution >= 4 is 0 Å². The Labute approximate surface area is 81.0 Å². The Morgan fingerprint density at radius 3 is 2.69 bits per heavy atom. The first-order valence-corrected chi connectivity index (χ1v) is 5.08. The van der Waals surface area contributed by atoms with E-state index in [1.54, 1.807) is 7.11 Å². The van der Waals surface area contributed by atoms with E-state index in [0.29, 0.717) is 0 Å². The maximum absolute atomic E-state index is 5.32. The molecule has 0 radical (unpaired) electrons. The zero-order valence-corrected chi connectivity index (χ0v) is 8.79. The Kier molecular flexibility index (Phi) is 5.35. The molecule has 0 aromatic rings. The lowest BCUT2D eigenvalue weighted by atomic mass is 9.96. The zero-order valence-electron chi connectivity index (χ0n) is 8.79. The van der Waals surface area contributed by atoms with Crippen molar-refractivity contribution in [1.82, 2.24) is 4.90 Å². The van der Waals surface area contributed by atoms with Gasteiger partial charge < -0.3 is 9.47 Å². The van der Waals surface area contributed by atoms with Crippen molar-refractivity contribution in [3.05, 3.63) is 0 Å². The highest BCUT2D eigenvalue weighted by Gasteiger charge is 2.13. The molecule has 0 amide bonds. The van der Waals surface area contributed by atoms with Crippen molar-refractivity contribution < 1.29 is 9.47 Å². The molecule has 3 heteroatoms. The van der Waals surface area contributed by atoms with Gasteiger partial charge in [0.1, 0.15) is 0 Å². The van der Waals surface area contributed by atoms with E-state index in [-0.39, 0.29) is 0 Å². The Bertz CT molecular complexity index is 124. The predicted octanol–water partition coefficient (Wildman–Crippen LogP) is 1.34. The largest absolute Gasteiger partial charge is 0.381 e. The Morgan fingerprint density at radius 2 is 2.08 bits per heavy atom. The van der Waals surface area contributed by atoms with Gasteiger partial charge in [-0.1, -0.05) is 0 Å². The number of hydrogen-bond acceptors (Lipinski definition) is 3. The lowest BCUT2D eigenvalue weighted by Gasteiger charge is -2.24. The number of methoxy groups -OCH3 is 1. The van der Waals surface area contributed by atoms with Crippen LogP contribution in [0.2, 0.25) is 0 Å². The molecule has 0 saturated carbocycles. The molecule has 0 spiro atoms. The van der Waals surface area contributed by atoms with Gasteiger partial charge in [-0.05, 0) is 32.2 Å². The standard InChI is InChI=1S/C10H21NO2/c1-11(9-12-2)6-3-10-4-7-13-8-5-10/h10H,3-9H2,1-2H3. The fourth-order valence-corrected chi connectivity index (χ4v) is 1.72. The number of ether oxygens (including phenoxy) is 2. The van der Waals surface area contributed by atoms with E-state index in [1.807, 2.05) is 0 Å². The maximum Gasteiger partial charge on any atom is 0.0983 e. The van der Waals surface area contributed by atoms with E-state index >= 15 is 0 Å². The molecule has 13 heavy (non-hydrogen) atoms. The van der Waals surface area contributed by atoms with Crippen LogP contribution < -0.4 is 0 Å². The fraction of sp³-hybridized carbons (Fsp3) is 1.00. The molecule has 78 valence electrons. The van der Waals surface area contributed by atoms with Crippen molar-refractivity contribution in [2.75, 3.05) is 40.6 Å². The summed E-state index contributed by atoms with van der Waals surface area (Å²) in [5, 5.41) is 0. The van der Waals surface area contributed by atoms with Crippen LogP contribution in [0.25, 0.3) is 0 Å². The Morgan fingerprint density at radius 1 is 1.38 bits per heavy atom. The first kappa shape index (κ1) is 11.0. The third kappa shape index (κ3) is 4.60. The zero-order chi connectivity index (χ0) is 9.52. The van der Waals surface area contributed by atoms with E-state index in [9.17, 15) is 0 Å². The van der Waals surface area contributed by atoms with Crippen LogP contribution in [0.5, 0.6) is 0 Å². The van der Waals surface area contributed by atoms with Crippen molar-refractivity contribution in [1.29, 1.82) is 0 Å². The van der Waals surface area contributed by atoms with Gasteiger partial charge in [0.15, 0.2) is 0 Å².